The van der Waals surface area contributed by atoms with E-state index in [1.165, 1.54) is 11.1 Å². The summed E-state index contributed by atoms with van der Waals surface area (Å²) >= 11 is 0. The number of hydrogen-bond acceptors (Lipinski definition) is 3. The van der Waals surface area contributed by atoms with Crippen molar-refractivity contribution in [2.75, 3.05) is 19.6 Å². The second-order valence-corrected chi connectivity index (χ2v) is 4.77. The van der Waals surface area contributed by atoms with Gasteiger partial charge in [0.25, 0.3) is 5.91 Å². The van der Waals surface area contributed by atoms with Crippen LogP contribution in [0.5, 0.6) is 0 Å². The molecule has 0 bridgehead atoms. The summed E-state index contributed by atoms with van der Waals surface area (Å²) in [6.45, 7) is 2.79. The largest absolute Gasteiger partial charge is 0.389 e. The highest BCUT2D eigenvalue weighted by Gasteiger charge is 2.29. The van der Waals surface area contributed by atoms with Crippen LogP contribution in [0.3, 0.4) is 0 Å². The number of aliphatic hydroxyl groups excluding tert-OH is 1. The molecule has 17 heavy (non-hydrogen) atoms. The van der Waals surface area contributed by atoms with Gasteiger partial charge in [0.2, 0.25) is 0 Å². The zero-order valence-corrected chi connectivity index (χ0v) is 9.65. The molecule has 1 fully saturated rings. The van der Waals surface area contributed by atoms with Gasteiger partial charge >= 0.3 is 0 Å². The van der Waals surface area contributed by atoms with Gasteiger partial charge in [-0.2, -0.15) is 0 Å². The molecule has 2 heterocycles. The Labute approximate surface area is 100 Å². The maximum absolute atomic E-state index is 12.1. The smallest absolute Gasteiger partial charge is 0.254 e. The molecule has 1 aromatic rings. The van der Waals surface area contributed by atoms with Gasteiger partial charge in [-0.25, -0.2) is 0 Å². The SMILES string of the molecule is O=C(c1ccc2c(c1)CNCC2)N1CC(O)C1. The Morgan fingerprint density at radius 1 is 1.35 bits per heavy atom. The van der Waals surface area contributed by atoms with E-state index in [-0.39, 0.29) is 12.0 Å². The molecule has 2 aliphatic heterocycles. The van der Waals surface area contributed by atoms with Crippen molar-refractivity contribution in [3.05, 3.63) is 34.9 Å². The van der Waals surface area contributed by atoms with Crippen LogP contribution in [0.1, 0.15) is 21.5 Å². The van der Waals surface area contributed by atoms with Crippen LogP contribution in [0.4, 0.5) is 0 Å². The number of rotatable bonds is 1. The molecular formula is C13H16N2O2. The molecular weight excluding hydrogens is 216 g/mol. The van der Waals surface area contributed by atoms with E-state index < -0.39 is 0 Å². The van der Waals surface area contributed by atoms with Gasteiger partial charge in [-0.3, -0.25) is 4.79 Å². The minimum Gasteiger partial charge on any atom is -0.389 e. The fraction of sp³-hybridized carbons (Fsp3) is 0.462. The molecule has 3 rings (SSSR count). The minimum absolute atomic E-state index is 0.0312. The molecule has 90 valence electrons. The van der Waals surface area contributed by atoms with Crippen LogP contribution >= 0.6 is 0 Å². The fourth-order valence-corrected chi connectivity index (χ4v) is 2.42. The second kappa shape index (κ2) is 4.13. The van der Waals surface area contributed by atoms with E-state index in [4.69, 9.17) is 0 Å². The zero-order chi connectivity index (χ0) is 11.8. The lowest BCUT2D eigenvalue weighted by molar-refractivity contribution is 0.00588. The standard InChI is InChI=1S/C13H16N2O2/c16-12-7-15(8-12)13(17)10-2-1-9-3-4-14-6-11(9)5-10/h1-2,5,12,14,16H,3-4,6-8H2. The number of amides is 1. The number of β-amino-alcohol motifs (C(OH)–C–C–N with tert-alkyl or cyclic N) is 1. The molecule has 0 aromatic heterocycles. The lowest BCUT2D eigenvalue weighted by Gasteiger charge is -2.36. The van der Waals surface area contributed by atoms with Crippen LogP contribution in [0.25, 0.3) is 0 Å². The molecule has 2 N–H and O–H groups in total. The summed E-state index contributed by atoms with van der Waals surface area (Å²) in [5, 5.41) is 12.5. The molecule has 0 spiro atoms. The van der Waals surface area contributed by atoms with Crippen LogP contribution in [0, 0.1) is 0 Å². The summed E-state index contributed by atoms with van der Waals surface area (Å²) in [7, 11) is 0. The summed E-state index contributed by atoms with van der Waals surface area (Å²) in [6.07, 6.45) is 0.699. The van der Waals surface area contributed by atoms with Crippen molar-refractivity contribution in [3.8, 4) is 0 Å². The van der Waals surface area contributed by atoms with Crippen LogP contribution in [-0.2, 0) is 13.0 Å². The van der Waals surface area contributed by atoms with E-state index in [2.05, 4.69) is 11.4 Å². The van der Waals surface area contributed by atoms with Gasteiger partial charge in [-0.05, 0) is 36.2 Å². The molecule has 1 amide bonds. The van der Waals surface area contributed by atoms with Gasteiger partial charge in [0.15, 0.2) is 0 Å². The molecule has 0 atom stereocenters. The number of carbonyl (C=O) groups excluding carboxylic acids is 1. The maximum Gasteiger partial charge on any atom is 0.254 e. The Balaban J connectivity index is 1.81. The summed E-state index contributed by atoms with van der Waals surface area (Å²) in [5.74, 6) is 0.0312. The monoisotopic (exact) mass is 232 g/mol. The van der Waals surface area contributed by atoms with Gasteiger partial charge in [-0.1, -0.05) is 6.07 Å². The van der Waals surface area contributed by atoms with E-state index in [9.17, 15) is 9.90 Å². The lowest BCUT2D eigenvalue weighted by atomic mass is 9.97. The minimum atomic E-state index is -0.335. The van der Waals surface area contributed by atoms with Gasteiger partial charge in [0, 0.05) is 25.2 Å². The summed E-state index contributed by atoms with van der Waals surface area (Å²) in [4.78, 5) is 13.7. The Kier molecular flexibility index (Phi) is 2.61. The number of fused-ring (bicyclic) bond motifs is 1. The molecule has 2 aliphatic rings. The first-order valence-electron chi connectivity index (χ1n) is 6.04. The summed E-state index contributed by atoms with van der Waals surface area (Å²) in [5.41, 5.74) is 3.30. The number of likely N-dealkylation sites (tertiary alicyclic amines) is 1. The van der Waals surface area contributed by atoms with E-state index in [1.54, 1.807) is 4.90 Å². The normalized spacial score (nSPS) is 19.7. The number of benzene rings is 1. The third kappa shape index (κ3) is 1.94. The van der Waals surface area contributed by atoms with Crippen LogP contribution in [-0.4, -0.2) is 41.7 Å². The topological polar surface area (TPSA) is 52.6 Å². The van der Waals surface area contributed by atoms with Crippen LogP contribution in [0.2, 0.25) is 0 Å². The Hall–Kier alpha value is -1.39. The molecule has 4 heteroatoms. The highest BCUT2D eigenvalue weighted by Crippen LogP contribution is 2.19. The molecule has 1 saturated heterocycles. The molecule has 1 aromatic carbocycles. The average molecular weight is 232 g/mol. The predicted octanol–water partition coefficient (Wildman–Crippen LogP) is 0.149. The highest BCUT2D eigenvalue weighted by molar-refractivity contribution is 5.95. The van der Waals surface area contributed by atoms with E-state index in [0.29, 0.717) is 13.1 Å². The average Bonchev–Trinajstić information content (AvgIpc) is 2.33. The van der Waals surface area contributed by atoms with E-state index in [1.807, 2.05) is 12.1 Å². The first-order chi connectivity index (χ1) is 8.24. The van der Waals surface area contributed by atoms with Crippen molar-refractivity contribution in [2.45, 2.75) is 19.1 Å². The Morgan fingerprint density at radius 2 is 2.18 bits per heavy atom. The van der Waals surface area contributed by atoms with Crippen molar-refractivity contribution in [2.24, 2.45) is 0 Å². The molecule has 0 unspecified atom stereocenters. The Bertz CT molecular complexity index is 453. The third-order valence-electron chi connectivity index (χ3n) is 3.49. The number of nitrogens with zero attached hydrogens (tertiary/aromatic N) is 1. The van der Waals surface area contributed by atoms with Gasteiger partial charge in [0.1, 0.15) is 0 Å². The van der Waals surface area contributed by atoms with Gasteiger partial charge < -0.3 is 15.3 Å². The molecule has 4 nitrogen and oxygen atoms in total. The number of hydrogen-bond donors (Lipinski definition) is 2. The summed E-state index contributed by atoms with van der Waals surface area (Å²) < 4.78 is 0. The molecule has 0 radical (unpaired) electrons. The van der Waals surface area contributed by atoms with Gasteiger partial charge in [0.05, 0.1) is 6.10 Å². The lowest BCUT2D eigenvalue weighted by Crippen LogP contribution is -2.53. The van der Waals surface area contributed by atoms with Crippen molar-refractivity contribution in [3.63, 3.8) is 0 Å². The first kappa shape index (κ1) is 10.7. The zero-order valence-electron chi connectivity index (χ0n) is 9.65. The first-order valence-corrected chi connectivity index (χ1v) is 6.04. The van der Waals surface area contributed by atoms with E-state index >= 15 is 0 Å². The molecule has 0 aliphatic carbocycles. The fourth-order valence-electron chi connectivity index (χ4n) is 2.42. The number of nitrogens with one attached hydrogen (secondary N) is 1. The van der Waals surface area contributed by atoms with Crippen LogP contribution < -0.4 is 5.32 Å². The third-order valence-corrected chi connectivity index (χ3v) is 3.49. The van der Waals surface area contributed by atoms with Crippen molar-refractivity contribution in [1.29, 1.82) is 0 Å². The Morgan fingerprint density at radius 3 is 2.94 bits per heavy atom. The maximum atomic E-state index is 12.1. The number of aliphatic hydroxyl groups is 1. The summed E-state index contributed by atoms with van der Waals surface area (Å²) in [6, 6.07) is 5.94. The van der Waals surface area contributed by atoms with Gasteiger partial charge in [-0.15, -0.1) is 0 Å². The van der Waals surface area contributed by atoms with Crippen LogP contribution in [0.15, 0.2) is 18.2 Å². The quantitative estimate of drug-likeness (QED) is 0.724. The highest BCUT2D eigenvalue weighted by atomic mass is 16.3. The van der Waals surface area contributed by atoms with Crippen molar-refractivity contribution < 1.29 is 9.90 Å². The van der Waals surface area contributed by atoms with E-state index in [0.717, 1.165) is 25.1 Å². The van der Waals surface area contributed by atoms with Crippen molar-refractivity contribution in [1.82, 2.24) is 10.2 Å². The molecule has 0 saturated carbocycles. The number of carbonyl (C=O) groups is 1. The predicted molar refractivity (Wildman–Crippen MR) is 63.8 cm³/mol. The second-order valence-electron chi connectivity index (χ2n) is 4.77. The van der Waals surface area contributed by atoms with Crippen molar-refractivity contribution >= 4 is 5.91 Å².